The fraction of sp³-hybridized carbons (Fsp3) is 0.435. The standard InChI is InChI=1S/C23H27FN2O3S/c1-15(22-13-17-2-5-18(22)12-17)25-23(27)14-16-3-8-20(9-4-16)26-30(28,29)21-10-6-19(24)7-11-21/h3-4,6-11,15,17-18,22,26H,2,5,12-14H2,1H3,(H,25,27). The normalized spacial score (nSPS) is 23.9. The summed E-state index contributed by atoms with van der Waals surface area (Å²) in [6, 6.07) is 11.6. The van der Waals surface area contributed by atoms with Crippen LogP contribution in [-0.4, -0.2) is 20.4 Å². The molecule has 5 nitrogen and oxygen atoms in total. The van der Waals surface area contributed by atoms with Gasteiger partial charge in [0.05, 0.1) is 11.3 Å². The molecule has 4 atom stereocenters. The lowest BCUT2D eigenvalue weighted by molar-refractivity contribution is -0.121. The van der Waals surface area contributed by atoms with Gasteiger partial charge in [0.2, 0.25) is 5.91 Å². The van der Waals surface area contributed by atoms with Gasteiger partial charge in [0, 0.05) is 11.7 Å². The second kappa shape index (κ2) is 8.38. The molecule has 0 spiro atoms. The third kappa shape index (κ3) is 4.67. The number of anilines is 1. The molecule has 2 saturated carbocycles. The molecule has 0 heterocycles. The van der Waals surface area contributed by atoms with Gasteiger partial charge >= 0.3 is 0 Å². The second-order valence-corrected chi connectivity index (χ2v) is 10.3. The highest BCUT2D eigenvalue weighted by Crippen LogP contribution is 2.49. The Balaban J connectivity index is 1.32. The Morgan fingerprint density at radius 3 is 2.37 bits per heavy atom. The van der Waals surface area contributed by atoms with E-state index in [1.165, 1.54) is 37.8 Å². The van der Waals surface area contributed by atoms with Crippen molar-refractivity contribution in [2.75, 3.05) is 4.72 Å². The quantitative estimate of drug-likeness (QED) is 0.694. The first-order chi connectivity index (χ1) is 14.3. The monoisotopic (exact) mass is 430 g/mol. The van der Waals surface area contributed by atoms with Gasteiger partial charge in [0.15, 0.2) is 0 Å². The van der Waals surface area contributed by atoms with Crippen molar-refractivity contribution in [3.05, 3.63) is 59.9 Å². The maximum absolute atomic E-state index is 13.0. The summed E-state index contributed by atoms with van der Waals surface area (Å²) in [6.07, 6.45) is 5.45. The Labute approximate surface area is 177 Å². The molecule has 0 radical (unpaired) electrons. The number of nitrogens with one attached hydrogen (secondary N) is 2. The lowest BCUT2D eigenvalue weighted by Gasteiger charge is -2.28. The van der Waals surface area contributed by atoms with Crippen LogP contribution in [0, 0.1) is 23.6 Å². The number of sulfonamides is 1. The molecule has 7 heteroatoms. The molecule has 0 saturated heterocycles. The number of benzene rings is 2. The molecule has 2 bridgehead atoms. The highest BCUT2D eigenvalue weighted by molar-refractivity contribution is 7.92. The zero-order valence-corrected chi connectivity index (χ0v) is 17.8. The van der Waals surface area contributed by atoms with E-state index in [9.17, 15) is 17.6 Å². The summed E-state index contributed by atoms with van der Waals surface area (Å²) in [5, 5.41) is 3.15. The first-order valence-corrected chi connectivity index (χ1v) is 11.9. The number of carbonyl (C=O) groups is 1. The van der Waals surface area contributed by atoms with Gasteiger partial charge in [-0.2, -0.15) is 0 Å². The minimum absolute atomic E-state index is 0.00934. The van der Waals surface area contributed by atoms with Gasteiger partial charge in [-0.15, -0.1) is 0 Å². The van der Waals surface area contributed by atoms with Crippen LogP contribution in [0.3, 0.4) is 0 Å². The van der Waals surface area contributed by atoms with Crippen molar-refractivity contribution in [1.82, 2.24) is 5.32 Å². The number of fused-ring (bicyclic) bond motifs is 2. The van der Waals surface area contributed by atoms with Gasteiger partial charge in [-0.3, -0.25) is 9.52 Å². The number of hydrogen-bond acceptors (Lipinski definition) is 3. The van der Waals surface area contributed by atoms with Gasteiger partial charge in [-0.25, -0.2) is 12.8 Å². The zero-order valence-electron chi connectivity index (χ0n) is 17.0. The van der Waals surface area contributed by atoms with E-state index >= 15 is 0 Å². The fourth-order valence-corrected chi connectivity index (χ4v) is 6.08. The maximum atomic E-state index is 13.0. The fourth-order valence-electron chi connectivity index (χ4n) is 5.02. The molecule has 4 unspecified atom stereocenters. The van der Waals surface area contributed by atoms with Crippen LogP contribution in [0.4, 0.5) is 10.1 Å². The number of carbonyl (C=O) groups excluding carboxylic acids is 1. The highest BCUT2D eigenvalue weighted by Gasteiger charge is 2.42. The number of amides is 1. The van der Waals surface area contributed by atoms with Crippen molar-refractivity contribution in [1.29, 1.82) is 0 Å². The van der Waals surface area contributed by atoms with Crippen LogP contribution in [0.5, 0.6) is 0 Å². The average Bonchev–Trinajstić information content (AvgIpc) is 3.33. The molecular weight excluding hydrogens is 403 g/mol. The predicted octanol–water partition coefficient (Wildman–Crippen LogP) is 4.11. The molecule has 160 valence electrons. The van der Waals surface area contributed by atoms with E-state index in [2.05, 4.69) is 17.0 Å². The summed E-state index contributed by atoms with van der Waals surface area (Å²) in [5.74, 6) is 1.71. The van der Waals surface area contributed by atoms with Crippen molar-refractivity contribution in [3.8, 4) is 0 Å². The Hall–Kier alpha value is -2.41. The zero-order chi connectivity index (χ0) is 21.3. The first kappa shape index (κ1) is 20.8. The molecule has 30 heavy (non-hydrogen) atoms. The van der Waals surface area contributed by atoms with Crippen molar-refractivity contribution >= 4 is 21.6 Å². The summed E-state index contributed by atoms with van der Waals surface area (Å²) in [5.41, 5.74) is 1.20. The van der Waals surface area contributed by atoms with Crippen LogP contribution < -0.4 is 10.0 Å². The van der Waals surface area contributed by atoms with Gasteiger partial charge in [0.1, 0.15) is 5.82 Å². The minimum atomic E-state index is -3.79. The SMILES string of the molecule is CC(NC(=O)Cc1ccc(NS(=O)(=O)c2ccc(F)cc2)cc1)C1CC2CCC1C2. The van der Waals surface area contributed by atoms with Crippen molar-refractivity contribution in [2.24, 2.45) is 17.8 Å². The van der Waals surface area contributed by atoms with Crippen LogP contribution in [0.25, 0.3) is 0 Å². The Morgan fingerprint density at radius 2 is 1.77 bits per heavy atom. The van der Waals surface area contributed by atoms with E-state index in [0.29, 0.717) is 11.6 Å². The molecular formula is C23H27FN2O3S. The molecule has 1 amide bonds. The summed E-state index contributed by atoms with van der Waals surface area (Å²) in [7, 11) is -3.79. The van der Waals surface area contributed by atoms with Crippen molar-refractivity contribution in [3.63, 3.8) is 0 Å². The lowest BCUT2D eigenvalue weighted by Crippen LogP contribution is -2.40. The summed E-state index contributed by atoms with van der Waals surface area (Å²) >= 11 is 0. The third-order valence-corrected chi connectivity index (χ3v) is 7.92. The molecule has 2 fully saturated rings. The average molecular weight is 431 g/mol. The minimum Gasteiger partial charge on any atom is -0.353 e. The third-order valence-electron chi connectivity index (χ3n) is 6.52. The Kier molecular flexibility index (Phi) is 5.82. The molecule has 4 rings (SSSR count). The second-order valence-electron chi connectivity index (χ2n) is 8.63. The van der Waals surface area contributed by atoms with Crippen LogP contribution in [0.1, 0.15) is 38.2 Å². The molecule has 2 aliphatic carbocycles. The Morgan fingerprint density at radius 1 is 1.07 bits per heavy atom. The molecule has 0 aliphatic heterocycles. The summed E-state index contributed by atoms with van der Waals surface area (Å²) < 4.78 is 40.2. The van der Waals surface area contributed by atoms with E-state index < -0.39 is 15.8 Å². The van der Waals surface area contributed by atoms with E-state index in [1.54, 1.807) is 24.3 Å². The smallest absolute Gasteiger partial charge is 0.261 e. The van der Waals surface area contributed by atoms with Crippen LogP contribution in [0.2, 0.25) is 0 Å². The van der Waals surface area contributed by atoms with Gasteiger partial charge in [-0.1, -0.05) is 18.6 Å². The summed E-state index contributed by atoms with van der Waals surface area (Å²) in [4.78, 5) is 12.4. The van der Waals surface area contributed by atoms with Gasteiger partial charge < -0.3 is 5.32 Å². The lowest BCUT2D eigenvalue weighted by atomic mass is 9.84. The first-order valence-electron chi connectivity index (χ1n) is 10.5. The number of halogens is 1. The topological polar surface area (TPSA) is 75.3 Å². The van der Waals surface area contributed by atoms with Crippen molar-refractivity contribution in [2.45, 2.75) is 50.0 Å². The van der Waals surface area contributed by atoms with Gasteiger partial charge in [0.25, 0.3) is 10.0 Å². The maximum Gasteiger partial charge on any atom is 0.261 e. The van der Waals surface area contributed by atoms with E-state index in [1.807, 2.05) is 0 Å². The van der Waals surface area contributed by atoms with Crippen LogP contribution in [-0.2, 0) is 21.2 Å². The van der Waals surface area contributed by atoms with E-state index in [-0.39, 0.29) is 23.3 Å². The summed E-state index contributed by atoms with van der Waals surface area (Å²) in [6.45, 7) is 2.11. The number of rotatable bonds is 7. The Bertz CT molecular complexity index is 1010. The van der Waals surface area contributed by atoms with E-state index in [4.69, 9.17) is 0 Å². The van der Waals surface area contributed by atoms with E-state index in [0.717, 1.165) is 29.5 Å². The predicted molar refractivity (Wildman–Crippen MR) is 114 cm³/mol. The van der Waals surface area contributed by atoms with Crippen molar-refractivity contribution < 1.29 is 17.6 Å². The molecule has 2 aliphatic rings. The van der Waals surface area contributed by atoms with Crippen LogP contribution >= 0.6 is 0 Å². The molecule has 2 aromatic rings. The largest absolute Gasteiger partial charge is 0.353 e. The molecule has 2 N–H and O–H groups in total. The molecule has 0 aromatic heterocycles. The molecule has 2 aromatic carbocycles. The van der Waals surface area contributed by atoms with Crippen LogP contribution in [0.15, 0.2) is 53.4 Å². The van der Waals surface area contributed by atoms with Gasteiger partial charge in [-0.05, 0) is 85.9 Å². The number of hydrogen-bond donors (Lipinski definition) is 2. The highest BCUT2D eigenvalue weighted by atomic mass is 32.2.